The minimum Gasteiger partial charge on any atom is -0.375 e. The maximum Gasteiger partial charge on any atom is 0.246 e. The van der Waals surface area contributed by atoms with Crippen LogP contribution in [0.2, 0.25) is 0 Å². The van der Waals surface area contributed by atoms with E-state index in [-0.39, 0.29) is 12.5 Å². The number of rotatable bonds is 6. The van der Waals surface area contributed by atoms with Crippen molar-refractivity contribution in [1.82, 2.24) is 10.3 Å². The second-order valence-corrected chi connectivity index (χ2v) is 6.17. The molecule has 24 heavy (non-hydrogen) atoms. The third kappa shape index (κ3) is 4.07. The van der Waals surface area contributed by atoms with Crippen molar-refractivity contribution in [3.8, 4) is 21.8 Å². The molecule has 0 saturated heterocycles. The summed E-state index contributed by atoms with van der Waals surface area (Å²) in [4.78, 5) is 16.1. The summed E-state index contributed by atoms with van der Waals surface area (Å²) in [7, 11) is 1.51. The van der Waals surface area contributed by atoms with Crippen LogP contribution in [0.25, 0.3) is 21.8 Å². The zero-order valence-electron chi connectivity index (χ0n) is 13.4. The fourth-order valence-corrected chi connectivity index (χ4v) is 3.13. The molecule has 0 spiro atoms. The molecular formula is C19H18N2O2S. The van der Waals surface area contributed by atoms with Gasteiger partial charge in [-0.2, -0.15) is 0 Å². The first-order valence-electron chi connectivity index (χ1n) is 7.62. The topological polar surface area (TPSA) is 51.2 Å². The van der Waals surface area contributed by atoms with Crippen LogP contribution in [-0.2, 0) is 16.1 Å². The van der Waals surface area contributed by atoms with E-state index < -0.39 is 0 Å². The van der Waals surface area contributed by atoms with Crippen LogP contribution in [0, 0.1) is 0 Å². The number of carbonyl (C=O) groups excluding carboxylic acids is 1. The Kier molecular flexibility index (Phi) is 5.36. The fourth-order valence-electron chi connectivity index (χ4n) is 2.30. The van der Waals surface area contributed by atoms with Gasteiger partial charge in [-0.25, -0.2) is 4.98 Å². The number of thiazole rings is 1. The lowest BCUT2D eigenvalue weighted by atomic mass is 10.1. The molecule has 1 aromatic heterocycles. The number of carbonyl (C=O) groups is 1. The van der Waals surface area contributed by atoms with Crippen LogP contribution in [0.15, 0.2) is 60.0 Å². The van der Waals surface area contributed by atoms with Crippen molar-refractivity contribution in [2.75, 3.05) is 13.7 Å². The Bertz CT molecular complexity index is 798. The largest absolute Gasteiger partial charge is 0.375 e. The highest BCUT2D eigenvalue weighted by Crippen LogP contribution is 2.28. The molecule has 0 radical (unpaired) electrons. The maximum atomic E-state index is 11.4. The average molecular weight is 338 g/mol. The first-order valence-corrected chi connectivity index (χ1v) is 8.50. The number of nitrogens with one attached hydrogen (secondary N) is 1. The zero-order chi connectivity index (χ0) is 16.8. The zero-order valence-corrected chi connectivity index (χ0v) is 14.2. The van der Waals surface area contributed by atoms with Crippen molar-refractivity contribution in [2.45, 2.75) is 6.54 Å². The third-order valence-corrected chi connectivity index (χ3v) is 4.43. The van der Waals surface area contributed by atoms with Crippen molar-refractivity contribution in [3.63, 3.8) is 0 Å². The molecule has 3 aromatic rings. The number of amides is 1. The predicted octanol–water partition coefficient (Wildman–Crippen LogP) is 3.74. The minimum absolute atomic E-state index is 0.0828. The molecule has 0 saturated carbocycles. The smallest absolute Gasteiger partial charge is 0.246 e. The molecule has 1 heterocycles. The van der Waals surface area contributed by atoms with Crippen molar-refractivity contribution in [2.24, 2.45) is 0 Å². The summed E-state index contributed by atoms with van der Waals surface area (Å²) in [6, 6.07) is 18.2. The number of hydrogen-bond donors (Lipinski definition) is 1. The van der Waals surface area contributed by atoms with E-state index in [1.54, 1.807) is 11.3 Å². The van der Waals surface area contributed by atoms with Gasteiger partial charge in [0, 0.05) is 30.2 Å². The van der Waals surface area contributed by atoms with E-state index in [0.717, 1.165) is 27.4 Å². The molecule has 5 heteroatoms. The predicted molar refractivity (Wildman–Crippen MR) is 96.7 cm³/mol. The number of nitrogens with zero attached hydrogens (tertiary/aromatic N) is 1. The average Bonchev–Trinajstić information content (AvgIpc) is 3.12. The summed E-state index contributed by atoms with van der Waals surface area (Å²) in [5, 5.41) is 5.87. The van der Waals surface area contributed by atoms with Gasteiger partial charge >= 0.3 is 0 Å². The lowest BCUT2D eigenvalue weighted by molar-refractivity contribution is -0.124. The van der Waals surface area contributed by atoms with Gasteiger partial charge in [-0.05, 0) is 5.56 Å². The number of benzene rings is 2. The standard InChI is InChI=1S/C19H18N2O2S/c1-23-12-18(22)20-11-14-7-9-16(10-8-14)19-21-17(13-24-19)15-5-3-2-4-6-15/h2-10,13H,11-12H2,1H3,(H,20,22). The molecule has 4 nitrogen and oxygen atoms in total. The highest BCUT2D eigenvalue weighted by atomic mass is 32.1. The van der Waals surface area contributed by atoms with E-state index in [1.807, 2.05) is 42.5 Å². The Morgan fingerprint density at radius 1 is 1.08 bits per heavy atom. The van der Waals surface area contributed by atoms with Gasteiger partial charge in [0.15, 0.2) is 0 Å². The van der Waals surface area contributed by atoms with E-state index in [2.05, 4.69) is 22.8 Å². The van der Waals surface area contributed by atoms with Crippen molar-refractivity contribution < 1.29 is 9.53 Å². The third-order valence-electron chi connectivity index (χ3n) is 3.54. The lowest BCUT2D eigenvalue weighted by Crippen LogP contribution is -2.26. The Morgan fingerprint density at radius 2 is 1.83 bits per heavy atom. The highest BCUT2D eigenvalue weighted by molar-refractivity contribution is 7.13. The summed E-state index contributed by atoms with van der Waals surface area (Å²) in [6.07, 6.45) is 0. The van der Waals surface area contributed by atoms with Gasteiger partial charge in [-0.15, -0.1) is 11.3 Å². The first-order chi connectivity index (χ1) is 11.8. The number of ether oxygens (including phenoxy) is 1. The van der Waals surface area contributed by atoms with Crippen LogP contribution >= 0.6 is 11.3 Å². The van der Waals surface area contributed by atoms with Crippen LogP contribution in [-0.4, -0.2) is 24.6 Å². The van der Waals surface area contributed by atoms with Crippen LogP contribution < -0.4 is 5.32 Å². The fraction of sp³-hybridized carbons (Fsp3) is 0.158. The number of hydrogen-bond acceptors (Lipinski definition) is 4. The molecule has 1 amide bonds. The molecular weight excluding hydrogens is 320 g/mol. The molecule has 122 valence electrons. The van der Waals surface area contributed by atoms with Crippen molar-refractivity contribution in [1.29, 1.82) is 0 Å². The summed E-state index contributed by atoms with van der Waals surface area (Å²) >= 11 is 1.63. The molecule has 0 aliphatic rings. The lowest BCUT2D eigenvalue weighted by Gasteiger charge is -2.05. The minimum atomic E-state index is -0.117. The molecule has 0 atom stereocenters. The maximum absolute atomic E-state index is 11.4. The van der Waals surface area contributed by atoms with Gasteiger partial charge in [0.2, 0.25) is 5.91 Å². The molecule has 2 aromatic carbocycles. The molecule has 0 aliphatic heterocycles. The second-order valence-electron chi connectivity index (χ2n) is 5.31. The second kappa shape index (κ2) is 7.86. The molecule has 0 unspecified atom stereocenters. The van der Waals surface area contributed by atoms with Crippen molar-refractivity contribution in [3.05, 3.63) is 65.5 Å². The Morgan fingerprint density at radius 3 is 2.54 bits per heavy atom. The van der Waals surface area contributed by atoms with E-state index in [9.17, 15) is 4.79 Å². The van der Waals surface area contributed by atoms with E-state index in [1.165, 1.54) is 7.11 Å². The summed E-state index contributed by atoms with van der Waals surface area (Å²) in [5.74, 6) is -0.117. The quantitative estimate of drug-likeness (QED) is 0.745. The normalized spacial score (nSPS) is 10.5. The van der Waals surface area contributed by atoms with Gasteiger partial charge < -0.3 is 10.1 Å². The molecule has 1 N–H and O–H groups in total. The summed E-state index contributed by atoms with van der Waals surface area (Å²) in [6.45, 7) is 0.578. The van der Waals surface area contributed by atoms with Crippen molar-refractivity contribution >= 4 is 17.2 Å². The van der Waals surface area contributed by atoms with Crippen LogP contribution in [0.3, 0.4) is 0 Å². The summed E-state index contributed by atoms with van der Waals surface area (Å²) < 4.78 is 4.79. The monoisotopic (exact) mass is 338 g/mol. The van der Waals surface area contributed by atoms with Gasteiger partial charge in [0.1, 0.15) is 11.6 Å². The molecule has 0 aliphatic carbocycles. The Balaban J connectivity index is 1.68. The molecule has 0 bridgehead atoms. The number of methoxy groups -OCH3 is 1. The summed E-state index contributed by atoms with van der Waals surface area (Å²) in [5.41, 5.74) is 4.24. The Hall–Kier alpha value is -2.50. The first kappa shape index (κ1) is 16.4. The number of aromatic nitrogens is 1. The van der Waals surface area contributed by atoms with E-state index in [4.69, 9.17) is 9.72 Å². The highest BCUT2D eigenvalue weighted by Gasteiger charge is 2.07. The molecule has 0 fully saturated rings. The van der Waals surface area contributed by atoms with Crippen LogP contribution in [0.5, 0.6) is 0 Å². The van der Waals surface area contributed by atoms with Crippen LogP contribution in [0.1, 0.15) is 5.56 Å². The van der Waals surface area contributed by atoms with Gasteiger partial charge in [0.05, 0.1) is 5.69 Å². The van der Waals surface area contributed by atoms with E-state index in [0.29, 0.717) is 6.54 Å². The Labute approximate surface area is 145 Å². The van der Waals surface area contributed by atoms with Gasteiger partial charge in [0.25, 0.3) is 0 Å². The van der Waals surface area contributed by atoms with Gasteiger partial charge in [-0.3, -0.25) is 4.79 Å². The van der Waals surface area contributed by atoms with Gasteiger partial charge in [-0.1, -0.05) is 54.6 Å². The van der Waals surface area contributed by atoms with E-state index >= 15 is 0 Å². The molecule has 3 rings (SSSR count). The van der Waals surface area contributed by atoms with Crippen LogP contribution in [0.4, 0.5) is 0 Å². The SMILES string of the molecule is COCC(=O)NCc1ccc(-c2nc(-c3ccccc3)cs2)cc1.